The number of nitrogens with one attached hydrogen (secondary N) is 1. The number of fused-ring (bicyclic) bond motifs is 1. The van der Waals surface area contributed by atoms with Crippen LogP contribution in [0.5, 0.6) is 11.5 Å². The molecule has 2 heterocycles. The van der Waals surface area contributed by atoms with Crippen LogP contribution in [0.4, 0.5) is 0 Å². The number of ether oxygens (including phenoxy) is 2. The maximum absolute atomic E-state index is 11.9. The lowest BCUT2D eigenvalue weighted by Crippen LogP contribution is -2.35. The van der Waals surface area contributed by atoms with Crippen molar-refractivity contribution in [3.8, 4) is 11.5 Å². The van der Waals surface area contributed by atoms with Crippen molar-refractivity contribution < 1.29 is 14.3 Å². The summed E-state index contributed by atoms with van der Waals surface area (Å²) in [5.41, 5.74) is 1.12. The number of methoxy groups -OCH3 is 1. The number of hydrogen-bond acceptors (Lipinski definition) is 5. The lowest BCUT2D eigenvalue weighted by atomic mass is 9.96. The summed E-state index contributed by atoms with van der Waals surface area (Å²) in [6.07, 6.45) is 4.33. The molecule has 1 aliphatic rings. The Balaban J connectivity index is 1.47. The number of nitrogens with zero attached hydrogens (tertiary/aromatic N) is 3. The number of carbonyl (C=O) groups is 1. The quantitative estimate of drug-likeness (QED) is 0.861. The van der Waals surface area contributed by atoms with Gasteiger partial charge in [-0.1, -0.05) is 12.1 Å². The highest BCUT2D eigenvalue weighted by atomic mass is 16.5. The molecule has 7 heteroatoms. The monoisotopic (exact) mass is 316 g/mol. The van der Waals surface area contributed by atoms with Crippen LogP contribution in [0, 0.1) is 5.92 Å². The van der Waals surface area contributed by atoms with Crippen LogP contribution in [0.3, 0.4) is 0 Å². The Bertz CT molecular complexity index is 657. The van der Waals surface area contributed by atoms with Gasteiger partial charge in [-0.2, -0.15) is 5.10 Å². The lowest BCUT2D eigenvalue weighted by molar-refractivity contribution is -0.121. The van der Waals surface area contributed by atoms with Gasteiger partial charge in [-0.05, 0) is 18.1 Å². The Morgan fingerprint density at radius 1 is 1.52 bits per heavy atom. The van der Waals surface area contributed by atoms with Gasteiger partial charge in [0.2, 0.25) is 5.91 Å². The van der Waals surface area contributed by atoms with Crippen LogP contribution in [0.25, 0.3) is 0 Å². The molecule has 0 saturated heterocycles. The summed E-state index contributed by atoms with van der Waals surface area (Å²) < 4.78 is 12.8. The predicted molar refractivity (Wildman–Crippen MR) is 83.3 cm³/mol. The zero-order chi connectivity index (χ0) is 16.1. The fourth-order valence-corrected chi connectivity index (χ4v) is 2.66. The highest BCUT2D eigenvalue weighted by Gasteiger charge is 2.22. The van der Waals surface area contributed by atoms with E-state index in [9.17, 15) is 4.79 Å². The number of para-hydroxylation sites is 1. The molecular weight excluding hydrogens is 296 g/mol. The summed E-state index contributed by atoms with van der Waals surface area (Å²) in [5.74, 6) is 1.86. The second-order valence-corrected chi connectivity index (χ2v) is 5.54. The molecule has 1 atom stereocenters. The van der Waals surface area contributed by atoms with Crippen molar-refractivity contribution in [1.29, 1.82) is 0 Å². The van der Waals surface area contributed by atoms with Crippen molar-refractivity contribution in [2.24, 2.45) is 5.92 Å². The largest absolute Gasteiger partial charge is 0.493 e. The number of rotatable bonds is 6. The molecule has 1 amide bonds. The molecule has 7 nitrogen and oxygen atoms in total. The first-order valence-electron chi connectivity index (χ1n) is 7.64. The van der Waals surface area contributed by atoms with Gasteiger partial charge in [0.1, 0.15) is 12.7 Å². The van der Waals surface area contributed by atoms with Crippen LogP contribution >= 0.6 is 0 Å². The van der Waals surface area contributed by atoms with Gasteiger partial charge in [-0.3, -0.25) is 9.48 Å². The third-order valence-corrected chi connectivity index (χ3v) is 3.87. The summed E-state index contributed by atoms with van der Waals surface area (Å²) in [6.45, 7) is 1.72. The molecule has 1 N–H and O–H groups in total. The Morgan fingerprint density at radius 3 is 3.22 bits per heavy atom. The van der Waals surface area contributed by atoms with Crippen LogP contribution in [-0.2, 0) is 17.8 Å². The first-order chi connectivity index (χ1) is 11.3. The molecule has 0 unspecified atom stereocenters. The molecule has 23 heavy (non-hydrogen) atoms. The molecule has 0 radical (unpaired) electrons. The molecule has 1 aromatic heterocycles. The summed E-state index contributed by atoms with van der Waals surface area (Å²) in [4.78, 5) is 15.7. The third kappa shape index (κ3) is 3.80. The maximum atomic E-state index is 11.9. The number of benzene rings is 1. The Hall–Kier alpha value is -2.57. The molecule has 1 aliphatic heterocycles. The molecule has 2 aromatic rings. The standard InChI is InChI=1S/C16H20N4O3/c1-22-14-4-2-3-13-7-12(9-23-16(13)14)8-18-15(21)5-6-20-11-17-10-19-20/h2-4,10-12H,5-9H2,1H3,(H,18,21)/t12-/m1/s1. The Kier molecular flexibility index (Phi) is 4.75. The molecule has 0 fully saturated rings. The van der Waals surface area contributed by atoms with E-state index in [0.717, 1.165) is 23.5 Å². The van der Waals surface area contributed by atoms with E-state index >= 15 is 0 Å². The number of aryl methyl sites for hydroxylation is 1. The minimum absolute atomic E-state index is 0.0111. The topological polar surface area (TPSA) is 78.3 Å². The maximum Gasteiger partial charge on any atom is 0.221 e. The first kappa shape index (κ1) is 15.3. The van der Waals surface area contributed by atoms with Crippen molar-refractivity contribution in [3.63, 3.8) is 0 Å². The van der Waals surface area contributed by atoms with Gasteiger partial charge in [0.15, 0.2) is 11.5 Å². The fourth-order valence-electron chi connectivity index (χ4n) is 2.66. The molecule has 122 valence electrons. The van der Waals surface area contributed by atoms with Crippen LogP contribution in [0.1, 0.15) is 12.0 Å². The summed E-state index contributed by atoms with van der Waals surface area (Å²) >= 11 is 0. The smallest absolute Gasteiger partial charge is 0.221 e. The number of hydrogen-bond donors (Lipinski definition) is 1. The van der Waals surface area contributed by atoms with Gasteiger partial charge in [-0.25, -0.2) is 4.98 Å². The zero-order valence-electron chi connectivity index (χ0n) is 13.1. The minimum Gasteiger partial charge on any atom is -0.493 e. The van der Waals surface area contributed by atoms with Crippen molar-refractivity contribution in [2.45, 2.75) is 19.4 Å². The second-order valence-electron chi connectivity index (χ2n) is 5.54. The lowest BCUT2D eigenvalue weighted by Gasteiger charge is -2.26. The van der Waals surface area contributed by atoms with E-state index in [0.29, 0.717) is 26.1 Å². The third-order valence-electron chi connectivity index (χ3n) is 3.87. The molecule has 1 aromatic carbocycles. The highest BCUT2D eigenvalue weighted by Crippen LogP contribution is 2.35. The summed E-state index contributed by atoms with van der Waals surface area (Å²) in [6, 6.07) is 5.89. The highest BCUT2D eigenvalue weighted by molar-refractivity contribution is 5.75. The van der Waals surface area contributed by atoms with E-state index in [2.05, 4.69) is 15.4 Å². The zero-order valence-corrected chi connectivity index (χ0v) is 13.1. The Labute approximate surface area is 134 Å². The number of carbonyl (C=O) groups excluding carboxylic acids is 1. The average molecular weight is 316 g/mol. The average Bonchev–Trinajstić information content (AvgIpc) is 3.10. The number of aromatic nitrogens is 3. The molecule has 0 bridgehead atoms. The van der Waals surface area contributed by atoms with E-state index in [4.69, 9.17) is 9.47 Å². The first-order valence-corrected chi connectivity index (χ1v) is 7.64. The van der Waals surface area contributed by atoms with Gasteiger partial charge in [-0.15, -0.1) is 0 Å². The van der Waals surface area contributed by atoms with Crippen LogP contribution < -0.4 is 14.8 Å². The fraction of sp³-hybridized carbons (Fsp3) is 0.438. The van der Waals surface area contributed by atoms with Gasteiger partial charge in [0.25, 0.3) is 0 Å². The van der Waals surface area contributed by atoms with E-state index in [1.807, 2.05) is 18.2 Å². The summed E-state index contributed by atoms with van der Waals surface area (Å²) in [7, 11) is 1.64. The summed E-state index contributed by atoms with van der Waals surface area (Å²) in [5, 5.41) is 6.94. The van der Waals surface area contributed by atoms with E-state index < -0.39 is 0 Å². The van der Waals surface area contributed by atoms with E-state index in [-0.39, 0.29) is 11.8 Å². The van der Waals surface area contributed by atoms with E-state index in [1.165, 1.54) is 6.33 Å². The SMILES string of the molecule is COc1cccc2c1OC[C@@H](CNC(=O)CCn1cncn1)C2. The van der Waals surface area contributed by atoms with Gasteiger partial charge >= 0.3 is 0 Å². The van der Waals surface area contributed by atoms with Crippen LogP contribution in [0.2, 0.25) is 0 Å². The molecule has 0 saturated carbocycles. The van der Waals surface area contributed by atoms with Crippen molar-refractivity contribution in [3.05, 3.63) is 36.4 Å². The van der Waals surface area contributed by atoms with Crippen LogP contribution in [-0.4, -0.2) is 40.9 Å². The predicted octanol–water partition coefficient (Wildman–Crippen LogP) is 1.04. The van der Waals surface area contributed by atoms with Crippen molar-refractivity contribution >= 4 is 5.91 Å². The minimum atomic E-state index is 0.0111. The molecule has 3 rings (SSSR count). The van der Waals surface area contributed by atoms with Gasteiger partial charge in [0, 0.05) is 18.9 Å². The van der Waals surface area contributed by atoms with Gasteiger partial charge < -0.3 is 14.8 Å². The molecular formula is C16H20N4O3. The normalized spacial score (nSPS) is 16.3. The van der Waals surface area contributed by atoms with Crippen LogP contribution in [0.15, 0.2) is 30.9 Å². The Morgan fingerprint density at radius 2 is 2.43 bits per heavy atom. The number of amides is 1. The molecule has 0 spiro atoms. The second kappa shape index (κ2) is 7.13. The van der Waals surface area contributed by atoms with Crippen molar-refractivity contribution in [1.82, 2.24) is 20.1 Å². The van der Waals surface area contributed by atoms with Crippen molar-refractivity contribution in [2.75, 3.05) is 20.3 Å². The molecule has 0 aliphatic carbocycles. The van der Waals surface area contributed by atoms with E-state index in [1.54, 1.807) is 18.1 Å². The van der Waals surface area contributed by atoms with Gasteiger partial charge in [0.05, 0.1) is 20.3 Å².